The summed E-state index contributed by atoms with van der Waals surface area (Å²) in [5, 5.41) is 4.52. The third-order valence-corrected chi connectivity index (χ3v) is 4.37. The van der Waals surface area contributed by atoms with Crippen LogP contribution < -0.4 is 5.32 Å². The first-order valence-electron chi connectivity index (χ1n) is 6.09. The van der Waals surface area contributed by atoms with E-state index < -0.39 is 0 Å². The van der Waals surface area contributed by atoms with Crippen LogP contribution in [0, 0.1) is 13.8 Å². The minimum Gasteiger partial charge on any atom is -0.360 e. The number of hydrogen-bond donors (Lipinski definition) is 1. The van der Waals surface area contributed by atoms with Crippen LogP contribution in [0.1, 0.15) is 30.3 Å². The second-order valence-corrected chi connectivity index (χ2v) is 5.84. The molecular formula is C12H21N3S. The smallest absolute Gasteiger partial charge is 0.183 e. The van der Waals surface area contributed by atoms with E-state index in [0.29, 0.717) is 6.04 Å². The summed E-state index contributed by atoms with van der Waals surface area (Å²) >= 11 is 1.76. The number of nitrogens with one attached hydrogen (secondary N) is 1. The lowest BCUT2D eigenvalue weighted by molar-refractivity contribution is 0.269. The standard InChI is InChI=1S/C12H21N3S/c1-9(15-6-4-5-7-15)8-13-12-14-10(2)11(3)16-12/h9H,4-8H2,1-3H3,(H,13,14). The van der Waals surface area contributed by atoms with E-state index in [1.807, 2.05) is 0 Å². The molecule has 0 saturated carbocycles. The number of nitrogens with zero attached hydrogens (tertiary/aromatic N) is 2. The molecule has 1 aromatic heterocycles. The van der Waals surface area contributed by atoms with E-state index in [-0.39, 0.29) is 0 Å². The Morgan fingerprint density at radius 2 is 2.06 bits per heavy atom. The first-order valence-corrected chi connectivity index (χ1v) is 6.90. The third kappa shape index (κ3) is 2.74. The zero-order valence-electron chi connectivity index (χ0n) is 10.4. The summed E-state index contributed by atoms with van der Waals surface area (Å²) in [5.74, 6) is 0. The highest BCUT2D eigenvalue weighted by molar-refractivity contribution is 7.15. The van der Waals surface area contributed by atoms with E-state index in [1.54, 1.807) is 11.3 Å². The van der Waals surface area contributed by atoms with E-state index in [4.69, 9.17) is 0 Å². The minimum atomic E-state index is 0.618. The van der Waals surface area contributed by atoms with Crippen LogP contribution in [0.3, 0.4) is 0 Å². The van der Waals surface area contributed by atoms with Crippen molar-refractivity contribution >= 4 is 16.5 Å². The van der Waals surface area contributed by atoms with Gasteiger partial charge in [0.25, 0.3) is 0 Å². The Bertz CT molecular complexity index is 323. The van der Waals surface area contributed by atoms with Crippen LogP contribution in [-0.4, -0.2) is 35.6 Å². The predicted octanol–water partition coefficient (Wildman–Crippen LogP) is 2.66. The molecule has 1 fully saturated rings. The monoisotopic (exact) mass is 239 g/mol. The highest BCUT2D eigenvalue weighted by Crippen LogP contribution is 2.21. The van der Waals surface area contributed by atoms with Gasteiger partial charge in [-0.1, -0.05) is 0 Å². The molecule has 0 aromatic carbocycles. The van der Waals surface area contributed by atoms with Crippen molar-refractivity contribution in [3.63, 3.8) is 0 Å². The summed E-state index contributed by atoms with van der Waals surface area (Å²) in [6, 6.07) is 0.618. The molecule has 1 aliphatic heterocycles. The van der Waals surface area contributed by atoms with Gasteiger partial charge in [-0.2, -0.15) is 0 Å². The lowest BCUT2D eigenvalue weighted by atomic mass is 10.3. The second-order valence-electron chi connectivity index (χ2n) is 4.63. The summed E-state index contributed by atoms with van der Waals surface area (Å²) in [6.07, 6.45) is 2.72. The number of aromatic nitrogens is 1. The summed E-state index contributed by atoms with van der Waals surface area (Å²) in [5.41, 5.74) is 1.15. The van der Waals surface area contributed by atoms with Crippen LogP contribution in [0.5, 0.6) is 0 Å². The fourth-order valence-electron chi connectivity index (χ4n) is 2.09. The van der Waals surface area contributed by atoms with Crippen LogP contribution in [0.15, 0.2) is 0 Å². The molecule has 1 unspecified atom stereocenters. The Kier molecular flexibility index (Phi) is 3.82. The van der Waals surface area contributed by atoms with Crippen LogP contribution in [0.2, 0.25) is 0 Å². The zero-order valence-corrected chi connectivity index (χ0v) is 11.2. The fraction of sp³-hybridized carbons (Fsp3) is 0.750. The lowest BCUT2D eigenvalue weighted by Crippen LogP contribution is -2.35. The van der Waals surface area contributed by atoms with Gasteiger partial charge in [0.05, 0.1) is 5.69 Å². The molecule has 1 saturated heterocycles. The van der Waals surface area contributed by atoms with Crippen LogP contribution in [0.4, 0.5) is 5.13 Å². The Morgan fingerprint density at radius 3 is 2.62 bits per heavy atom. The fourth-order valence-corrected chi connectivity index (χ4v) is 2.92. The van der Waals surface area contributed by atoms with E-state index in [9.17, 15) is 0 Å². The lowest BCUT2D eigenvalue weighted by Gasteiger charge is -2.23. The van der Waals surface area contributed by atoms with Gasteiger partial charge < -0.3 is 5.32 Å². The van der Waals surface area contributed by atoms with Crippen LogP contribution in [0.25, 0.3) is 0 Å². The first kappa shape index (κ1) is 11.9. The van der Waals surface area contributed by atoms with Crippen molar-refractivity contribution in [2.24, 2.45) is 0 Å². The number of likely N-dealkylation sites (tertiary alicyclic amines) is 1. The summed E-state index contributed by atoms with van der Waals surface area (Å²) < 4.78 is 0. The number of thiazole rings is 1. The van der Waals surface area contributed by atoms with Gasteiger partial charge in [0.1, 0.15) is 0 Å². The van der Waals surface area contributed by atoms with Gasteiger partial charge in [-0.3, -0.25) is 4.90 Å². The van der Waals surface area contributed by atoms with Gasteiger partial charge in [0.15, 0.2) is 5.13 Å². The van der Waals surface area contributed by atoms with Gasteiger partial charge in [0.2, 0.25) is 0 Å². The molecule has 0 radical (unpaired) electrons. The normalized spacial score (nSPS) is 18.9. The Balaban J connectivity index is 1.82. The van der Waals surface area contributed by atoms with Crippen LogP contribution >= 0.6 is 11.3 Å². The zero-order chi connectivity index (χ0) is 11.5. The minimum absolute atomic E-state index is 0.618. The molecule has 16 heavy (non-hydrogen) atoms. The molecule has 4 heteroatoms. The van der Waals surface area contributed by atoms with E-state index in [1.165, 1.54) is 30.8 Å². The highest BCUT2D eigenvalue weighted by Gasteiger charge is 2.17. The third-order valence-electron chi connectivity index (χ3n) is 3.34. The van der Waals surface area contributed by atoms with Crippen LogP contribution in [-0.2, 0) is 0 Å². The molecule has 1 aromatic rings. The van der Waals surface area contributed by atoms with Gasteiger partial charge in [0, 0.05) is 17.5 Å². The average Bonchev–Trinajstić information content (AvgIpc) is 2.86. The highest BCUT2D eigenvalue weighted by atomic mass is 32.1. The summed E-state index contributed by atoms with van der Waals surface area (Å²) in [7, 11) is 0. The van der Waals surface area contributed by atoms with Crippen molar-refractivity contribution in [1.29, 1.82) is 0 Å². The number of rotatable bonds is 4. The Morgan fingerprint density at radius 1 is 1.38 bits per heavy atom. The van der Waals surface area contributed by atoms with Crippen molar-refractivity contribution in [3.05, 3.63) is 10.6 Å². The Hall–Kier alpha value is -0.610. The maximum absolute atomic E-state index is 4.50. The molecule has 1 aliphatic rings. The Labute approximate surface area is 102 Å². The SMILES string of the molecule is Cc1nc(NCC(C)N2CCCC2)sc1C. The van der Waals surface area contributed by atoms with E-state index >= 15 is 0 Å². The molecule has 0 amide bonds. The predicted molar refractivity (Wildman–Crippen MR) is 70.3 cm³/mol. The molecule has 0 spiro atoms. The molecule has 2 rings (SSSR count). The molecule has 3 nitrogen and oxygen atoms in total. The first-order chi connectivity index (χ1) is 7.66. The molecule has 2 heterocycles. The van der Waals surface area contributed by atoms with Crippen molar-refractivity contribution < 1.29 is 0 Å². The van der Waals surface area contributed by atoms with Crippen molar-refractivity contribution in [3.8, 4) is 0 Å². The molecule has 1 N–H and O–H groups in total. The van der Waals surface area contributed by atoms with Gasteiger partial charge in [-0.05, 0) is 46.7 Å². The van der Waals surface area contributed by atoms with Gasteiger partial charge in [-0.15, -0.1) is 11.3 Å². The van der Waals surface area contributed by atoms with Crippen molar-refractivity contribution in [2.45, 2.75) is 39.7 Å². The van der Waals surface area contributed by atoms with Gasteiger partial charge in [-0.25, -0.2) is 4.98 Å². The second kappa shape index (κ2) is 5.15. The van der Waals surface area contributed by atoms with E-state index in [0.717, 1.165) is 17.4 Å². The van der Waals surface area contributed by atoms with Crippen molar-refractivity contribution in [2.75, 3.05) is 25.0 Å². The van der Waals surface area contributed by atoms with E-state index in [2.05, 4.69) is 36.0 Å². The quantitative estimate of drug-likeness (QED) is 0.875. The summed E-state index contributed by atoms with van der Waals surface area (Å²) in [4.78, 5) is 8.37. The number of anilines is 1. The maximum Gasteiger partial charge on any atom is 0.183 e. The number of aryl methyl sites for hydroxylation is 2. The molecule has 0 aliphatic carbocycles. The molecular weight excluding hydrogens is 218 g/mol. The largest absolute Gasteiger partial charge is 0.360 e. The van der Waals surface area contributed by atoms with Crippen molar-refractivity contribution in [1.82, 2.24) is 9.88 Å². The molecule has 90 valence electrons. The topological polar surface area (TPSA) is 28.2 Å². The molecule has 1 atom stereocenters. The molecule has 0 bridgehead atoms. The average molecular weight is 239 g/mol. The summed E-state index contributed by atoms with van der Waals surface area (Å²) in [6.45, 7) is 10.0. The number of hydrogen-bond acceptors (Lipinski definition) is 4. The maximum atomic E-state index is 4.50. The van der Waals surface area contributed by atoms with Gasteiger partial charge >= 0.3 is 0 Å².